The molecule has 2 aromatic carbocycles. The number of amides is 3. The van der Waals surface area contributed by atoms with Gasteiger partial charge in [-0.1, -0.05) is 12.1 Å². The second-order valence-corrected chi connectivity index (χ2v) is 7.94. The van der Waals surface area contributed by atoms with Crippen LogP contribution >= 0.6 is 0 Å². The summed E-state index contributed by atoms with van der Waals surface area (Å²) in [6.45, 7) is -0.0737. The van der Waals surface area contributed by atoms with E-state index >= 15 is 0 Å². The minimum Gasteiger partial charge on any atom is -0.507 e. The van der Waals surface area contributed by atoms with Crippen molar-refractivity contribution in [3.63, 3.8) is 0 Å². The first kappa shape index (κ1) is 23.8. The molecular formula is C23H26N6O6. The van der Waals surface area contributed by atoms with Crippen LogP contribution in [-0.4, -0.2) is 89.7 Å². The third-order valence-electron chi connectivity index (χ3n) is 5.57. The molecule has 2 heterocycles. The van der Waals surface area contributed by atoms with Gasteiger partial charge in [0.15, 0.2) is 12.2 Å². The Morgan fingerprint density at radius 1 is 1.20 bits per heavy atom. The molecule has 2 aliphatic heterocycles. The van der Waals surface area contributed by atoms with Crippen LogP contribution in [0.25, 0.3) is 0 Å². The number of para-hydroxylation sites is 1. The molecule has 0 aromatic heterocycles. The molecule has 3 unspecified atom stereocenters. The van der Waals surface area contributed by atoms with Gasteiger partial charge in [-0.25, -0.2) is 15.2 Å². The highest BCUT2D eigenvalue weighted by Crippen LogP contribution is 2.24. The molecule has 12 nitrogen and oxygen atoms in total. The number of carbonyl (C=O) groups excluding carboxylic acids is 2. The van der Waals surface area contributed by atoms with E-state index in [1.165, 1.54) is 29.1 Å². The van der Waals surface area contributed by atoms with Gasteiger partial charge in [0, 0.05) is 12.6 Å². The van der Waals surface area contributed by atoms with Crippen LogP contribution in [0.4, 0.5) is 4.79 Å². The Bertz CT molecular complexity index is 1140. The van der Waals surface area contributed by atoms with Crippen molar-refractivity contribution in [1.29, 1.82) is 0 Å². The van der Waals surface area contributed by atoms with Gasteiger partial charge in [0.1, 0.15) is 30.0 Å². The van der Waals surface area contributed by atoms with E-state index in [0.717, 1.165) is 0 Å². The third kappa shape index (κ3) is 5.27. The van der Waals surface area contributed by atoms with Gasteiger partial charge < -0.3 is 29.5 Å². The maximum Gasteiger partial charge on any atom is 0.325 e. The summed E-state index contributed by atoms with van der Waals surface area (Å²) in [5.74, 6) is 0.926. The first-order chi connectivity index (χ1) is 16.9. The van der Waals surface area contributed by atoms with Crippen LogP contribution in [0.15, 0.2) is 58.6 Å². The third-order valence-corrected chi connectivity index (χ3v) is 5.57. The van der Waals surface area contributed by atoms with Crippen LogP contribution in [0.5, 0.6) is 17.2 Å². The fraction of sp³-hybridized carbons (Fsp3) is 0.304. The number of benzene rings is 2. The molecule has 3 amide bonds. The molecule has 0 saturated carbocycles. The molecule has 2 aromatic rings. The smallest absolute Gasteiger partial charge is 0.325 e. The number of methoxy groups -OCH3 is 1. The number of urea groups is 1. The van der Waals surface area contributed by atoms with Crippen LogP contribution in [0, 0.1) is 0 Å². The number of β-amino-alcohol motifs (C(OH)–C–C–N with tert-alkyl or cyclic N) is 1. The number of hydrogen-bond donors (Lipinski definition) is 4. The summed E-state index contributed by atoms with van der Waals surface area (Å²) in [5, 5.41) is 27.0. The van der Waals surface area contributed by atoms with Crippen molar-refractivity contribution in [1.82, 2.24) is 20.5 Å². The van der Waals surface area contributed by atoms with Crippen LogP contribution in [-0.2, 0) is 4.79 Å². The van der Waals surface area contributed by atoms with Crippen molar-refractivity contribution in [2.75, 3.05) is 27.3 Å². The van der Waals surface area contributed by atoms with Gasteiger partial charge >= 0.3 is 6.03 Å². The average molecular weight is 482 g/mol. The number of guanidine groups is 1. The Hall–Kier alpha value is -4.32. The van der Waals surface area contributed by atoms with E-state index in [9.17, 15) is 19.8 Å². The number of aromatic hydroxyl groups is 1. The van der Waals surface area contributed by atoms with Gasteiger partial charge in [0.05, 0.1) is 19.9 Å². The largest absolute Gasteiger partial charge is 0.507 e. The number of rotatable bonds is 8. The summed E-state index contributed by atoms with van der Waals surface area (Å²) < 4.78 is 10.8. The number of fused-ring (bicyclic) bond motifs is 1. The highest BCUT2D eigenvalue weighted by atomic mass is 16.5. The molecule has 0 spiro atoms. The van der Waals surface area contributed by atoms with E-state index in [1.54, 1.807) is 49.6 Å². The second-order valence-electron chi connectivity index (χ2n) is 7.94. The molecule has 0 radical (unpaired) electrons. The van der Waals surface area contributed by atoms with Crippen LogP contribution in [0.3, 0.4) is 0 Å². The van der Waals surface area contributed by atoms with E-state index < -0.39 is 30.2 Å². The molecule has 35 heavy (non-hydrogen) atoms. The molecular weight excluding hydrogens is 456 g/mol. The zero-order valence-electron chi connectivity index (χ0n) is 19.2. The number of nitrogens with zero attached hydrogens (tertiary/aromatic N) is 4. The van der Waals surface area contributed by atoms with Crippen LogP contribution in [0.1, 0.15) is 5.56 Å². The summed E-state index contributed by atoms with van der Waals surface area (Å²) in [6, 6.07) is 12.1. The molecule has 0 aliphatic carbocycles. The monoisotopic (exact) mass is 482 g/mol. The Labute approximate surface area is 201 Å². The van der Waals surface area contributed by atoms with E-state index in [2.05, 4.69) is 20.8 Å². The minimum atomic E-state index is -0.999. The van der Waals surface area contributed by atoms with E-state index in [4.69, 9.17) is 9.47 Å². The van der Waals surface area contributed by atoms with Crippen molar-refractivity contribution in [2.24, 2.45) is 10.1 Å². The molecule has 12 heteroatoms. The van der Waals surface area contributed by atoms with Gasteiger partial charge in [0.25, 0.3) is 5.91 Å². The number of aliphatic imine (C=N–C) groups is 1. The van der Waals surface area contributed by atoms with E-state index in [1.807, 2.05) is 0 Å². The predicted octanol–water partition coefficient (Wildman–Crippen LogP) is 0.312. The van der Waals surface area contributed by atoms with Gasteiger partial charge in [-0.3, -0.25) is 10.1 Å². The lowest BCUT2D eigenvalue weighted by Gasteiger charge is -2.36. The second kappa shape index (κ2) is 10.3. The summed E-state index contributed by atoms with van der Waals surface area (Å²) >= 11 is 0. The normalized spacial score (nSPS) is 20.4. The fourth-order valence-corrected chi connectivity index (χ4v) is 3.72. The molecule has 4 N–H and O–H groups in total. The fourth-order valence-electron chi connectivity index (χ4n) is 3.72. The summed E-state index contributed by atoms with van der Waals surface area (Å²) in [4.78, 5) is 32.0. The molecule has 184 valence electrons. The van der Waals surface area contributed by atoms with Crippen molar-refractivity contribution in [2.45, 2.75) is 18.3 Å². The number of phenols is 1. The molecule has 4 rings (SSSR count). The van der Waals surface area contributed by atoms with E-state index in [-0.39, 0.29) is 24.9 Å². The van der Waals surface area contributed by atoms with Crippen molar-refractivity contribution < 1.29 is 29.3 Å². The number of nitrogens with one attached hydrogen (secondary N) is 2. The van der Waals surface area contributed by atoms with Gasteiger partial charge in [-0.2, -0.15) is 5.10 Å². The summed E-state index contributed by atoms with van der Waals surface area (Å²) in [6.07, 6.45) is -0.398. The Balaban J connectivity index is 1.47. The molecule has 3 atom stereocenters. The lowest BCUT2D eigenvalue weighted by atomic mass is 10.1. The number of ether oxygens (including phenoxy) is 2. The Morgan fingerprint density at radius 3 is 2.63 bits per heavy atom. The zero-order valence-corrected chi connectivity index (χ0v) is 19.2. The SMILES string of the molecule is COc1ccc(OCC(O)CN2C(N/N=C\c3ccccc3O)=NC3C2C(=O)NC(=O)N3C)cc1. The topological polar surface area (TPSA) is 148 Å². The number of likely N-dealkylation sites (N-methyl/N-ethyl adjacent to an activating group) is 1. The maximum absolute atomic E-state index is 12.7. The van der Waals surface area contributed by atoms with Gasteiger partial charge in [-0.15, -0.1) is 0 Å². The number of aliphatic hydroxyl groups is 1. The Morgan fingerprint density at radius 2 is 1.91 bits per heavy atom. The van der Waals surface area contributed by atoms with Crippen LogP contribution in [0.2, 0.25) is 0 Å². The first-order valence-electron chi connectivity index (χ1n) is 10.8. The highest BCUT2D eigenvalue weighted by Gasteiger charge is 2.49. The van der Waals surface area contributed by atoms with Crippen molar-refractivity contribution >= 4 is 24.1 Å². The number of carbonyl (C=O) groups is 2. The minimum absolute atomic E-state index is 0.0231. The number of aliphatic hydroxyl groups excluding tert-OH is 1. The molecule has 0 bridgehead atoms. The van der Waals surface area contributed by atoms with Crippen LogP contribution < -0.4 is 20.2 Å². The highest BCUT2D eigenvalue weighted by molar-refractivity contribution is 6.03. The van der Waals surface area contributed by atoms with E-state index in [0.29, 0.717) is 17.1 Å². The molecule has 1 fully saturated rings. The summed E-state index contributed by atoms with van der Waals surface area (Å²) in [7, 11) is 3.09. The number of imide groups is 1. The van der Waals surface area contributed by atoms with Crippen molar-refractivity contribution in [3.05, 3.63) is 54.1 Å². The maximum atomic E-state index is 12.7. The molecule has 2 aliphatic rings. The zero-order chi connectivity index (χ0) is 24.9. The lowest BCUT2D eigenvalue weighted by molar-refractivity contribution is -0.127. The average Bonchev–Trinajstić information content (AvgIpc) is 3.21. The number of hydrogen-bond acceptors (Lipinski definition) is 10. The summed E-state index contributed by atoms with van der Waals surface area (Å²) in [5.41, 5.74) is 3.23. The number of phenolic OH excluding ortho intramolecular Hbond substituents is 1. The Kier molecular flexibility index (Phi) is 7.01. The lowest BCUT2D eigenvalue weighted by Crippen LogP contribution is -2.64. The quantitative estimate of drug-likeness (QED) is 0.310. The predicted molar refractivity (Wildman–Crippen MR) is 126 cm³/mol. The van der Waals surface area contributed by atoms with Gasteiger partial charge in [-0.05, 0) is 36.4 Å². The van der Waals surface area contributed by atoms with Crippen molar-refractivity contribution in [3.8, 4) is 17.2 Å². The van der Waals surface area contributed by atoms with Gasteiger partial charge in [0.2, 0.25) is 5.96 Å². The molecule has 1 saturated heterocycles. The first-order valence-corrected chi connectivity index (χ1v) is 10.8. The number of hydrazone groups is 1. The standard InChI is InChI=1S/C23H26N6O6/c1-28-20-19(21(32)26-23(28)33)29(12-15(30)13-35-17-9-7-16(34-2)8-10-17)22(25-20)27-24-11-14-5-3-4-6-18(14)31/h3-11,15,19-20,30-31H,12-13H2,1-2H3,(H,25,27)(H,26,32,33)/b24-11-.